The summed E-state index contributed by atoms with van der Waals surface area (Å²) >= 11 is 1.53. The summed E-state index contributed by atoms with van der Waals surface area (Å²) < 4.78 is 7.49. The van der Waals surface area contributed by atoms with Gasteiger partial charge in [-0.3, -0.25) is 4.57 Å². The summed E-state index contributed by atoms with van der Waals surface area (Å²) in [7, 11) is 0. The second kappa shape index (κ2) is 7.98. The third-order valence-electron chi connectivity index (χ3n) is 4.56. The molecule has 0 aliphatic carbocycles. The second-order valence-electron chi connectivity index (χ2n) is 6.50. The van der Waals surface area contributed by atoms with Crippen molar-refractivity contribution in [3.63, 3.8) is 0 Å². The molecule has 0 radical (unpaired) electrons. The number of para-hydroxylation sites is 1. The van der Waals surface area contributed by atoms with Crippen molar-refractivity contribution in [1.82, 2.24) is 24.9 Å². The Morgan fingerprint density at radius 3 is 2.54 bits per heavy atom. The quantitative estimate of drug-likeness (QED) is 0.440. The summed E-state index contributed by atoms with van der Waals surface area (Å²) in [6.07, 6.45) is 1.01. The molecule has 0 fully saturated rings. The highest BCUT2D eigenvalue weighted by molar-refractivity contribution is 7.98. The molecule has 2 aromatic heterocycles. The molecule has 0 saturated carbocycles. The first kappa shape index (κ1) is 18.4. The van der Waals surface area contributed by atoms with E-state index in [9.17, 15) is 0 Å². The molecule has 0 saturated heterocycles. The molecular weight excluding hydrogens is 370 g/mol. The standard InChI is InChI=1S/C21H21N5OS/c1-4-16-9-11-17(12-10-16)20-22-19(27-25-20)13-28-21-24-23-15(3)26(21)18-8-6-5-7-14(18)2/h5-12H,4,13H2,1-3H3. The van der Waals surface area contributed by atoms with Gasteiger partial charge in [0.15, 0.2) is 5.16 Å². The van der Waals surface area contributed by atoms with Gasteiger partial charge in [0.25, 0.3) is 0 Å². The first-order valence-electron chi connectivity index (χ1n) is 9.18. The van der Waals surface area contributed by atoms with E-state index in [-0.39, 0.29) is 0 Å². The van der Waals surface area contributed by atoms with E-state index in [0.717, 1.165) is 28.7 Å². The number of benzene rings is 2. The fourth-order valence-corrected chi connectivity index (χ4v) is 3.80. The van der Waals surface area contributed by atoms with Crippen LogP contribution in [0.4, 0.5) is 0 Å². The Morgan fingerprint density at radius 2 is 1.79 bits per heavy atom. The van der Waals surface area contributed by atoms with Gasteiger partial charge >= 0.3 is 0 Å². The van der Waals surface area contributed by atoms with Crippen LogP contribution >= 0.6 is 11.8 Å². The number of aromatic nitrogens is 5. The molecule has 142 valence electrons. The molecule has 2 heterocycles. The van der Waals surface area contributed by atoms with Crippen molar-refractivity contribution in [3.8, 4) is 17.1 Å². The van der Waals surface area contributed by atoms with Gasteiger partial charge in [-0.1, -0.05) is 66.3 Å². The fraction of sp³-hybridized carbons (Fsp3) is 0.238. The number of hydrogen-bond acceptors (Lipinski definition) is 6. The largest absolute Gasteiger partial charge is 0.338 e. The normalized spacial score (nSPS) is 11.1. The SMILES string of the molecule is CCc1ccc(-c2noc(CSc3nnc(C)n3-c3ccccc3C)n2)cc1. The molecule has 0 spiro atoms. The van der Waals surface area contributed by atoms with E-state index < -0.39 is 0 Å². The van der Waals surface area contributed by atoms with Crippen LogP contribution in [0.15, 0.2) is 58.2 Å². The molecule has 7 heteroatoms. The Morgan fingerprint density at radius 1 is 1.00 bits per heavy atom. The maximum atomic E-state index is 5.43. The van der Waals surface area contributed by atoms with Crippen molar-refractivity contribution in [1.29, 1.82) is 0 Å². The van der Waals surface area contributed by atoms with Crippen LogP contribution in [0.25, 0.3) is 17.1 Å². The van der Waals surface area contributed by atoms with Crippen molar-refractivity contribution in [2.45, 2.75) is 38.1 Å². The summed E-state index contributed by atoms with van der Waals surface area (Å²) in [6, 6.07) is 16.4. The van der Waals surface area contributed by atoms with Crippen LogP contribution in [0.3, 0.4) is 0 Å². The van der Waals surface area contributed by atoms with Gasteiger partial charge in [0.05, 0.1) is 11.4 Å². The van der Waals surface area contributed by atoms with Gasteiger partial charge in [0.1, 0.15) is 5.82 Å². The summed E-state index contributed by atoms with van der Waals surface area (Å²) in [6.45, 7) is 6.17. The molecule has 4 rings (SSSR count). The van der Waals surface area contributed by atoms with Crippen molar-refractivity contribution < 1.29 is 4.52 Å². The van der Waals surface area contributed by atoms with Gasteiger partial charge in [-0.15, -0.1) is 10.2 Å². The van der Waals surface area contributed by atoms with Crippen LogP contribution in [0.5, 0.6) is 0 Å². The summed E-state index contributed by atoms with van der Waals surface area (Å²) in [5, 5.41) is 13.5. The molecular formula is C21H21N5OS. The molecule has 6 nitrogen and oxygen atoms in total. The van der Waals surface area contributed by atoms with E-state index in [0.29, 0.717) is 17.5 Å². The Balaban J connectivity index is 1.52. The predicted octanol–water partition coefficient (Wildman–Crippen LogP) is 4.79. The van der Waals surface area contributed by atoms with Crippen LogP contribution in [0.2, 0.25) is 0 Å². The van der Waals surface area contributed by atoms with Crippen molar-refractivity contribution in [2.75, 3.05) is 0 Å². The number of thioether (sulfide) groups is 1. The third-order valence-corrected chi connectivity index (χ3v) is 5.48. The Hall–Kier alpha value is -2.93. The number of rotatable bonds is 6. The summed E-state index contributed by atoms with van der Waals surface area (Å²) in [4.78, 5) is 4.52. The first-order chi connectivity index (χ1) is 13.7. The number of nitrogens with zero attached hydrogens (tertiary/aromatic N) is 5. The molecule has 2 aromatic carbocycles. The molecule has 0 N–H and O–H groups in total. The zero-order chi connectivity index (χ0) is 19.5. The lowest BCUT2D eigenvalue weighted by atomic mass is 10.1. The van der Waals surface area contributed by atoms with E-state index in [1.807, 2.05) is 31.2 Å². The van der Waals surface area contributed by atoms with Crippen molar-refractivity contribution in [3.05, 3.63) is 71.4 Å². The van der Waals surface area contributed by atoms with Gasteiger partial charge in [-0.25, -0.2) is 0 Å². The molecule has 28 heavy (non-hydrogen) atoms. The van der Waals surface area contributed by atoms with Gasteiger partial charge in [0.2, 0.25) is 11.7 Å². The molecule has 0 bridgehead atoms. The van der Waals surface area contributed by atoms with Crippen LogP contribution in [-0.2, 0) is 12.2 Å². The van der Waals surface area contributed by atoms with E-state index in [1.54, 1.807) is 0 Å². The minimum atomic E-state index is 0.532. The van der Waals surface area contributed by atoms with Crippen LogP contribution in [-0.4, -0.2) is 24.9 Å². The van der Waals surface area contributed by atoms with Gasteiger partial charge < -0.3 is 4.52 Å². The van der Waals surface area contributed by atoms with Crippen LogP contribution in [0, 0.1) is 13.8 Å². The van der Waals surface area contributed by atoms with Gasteiger partial charge in [-0.05, 0) is 37.5 Å². The highest BCUT2D eigenvalue weighted by atomic mass is 32.2. The Bertz CT molecular complexity index is 1080. The highest BCUT2D eigenvalue weighted by Gasteiger charge is 2.15. The van der Waals surface area contributed by atoms with E-state index in [4.69, 9.17) is 4.52 Å². The Labute approximate surface area is 168 Å². The smallest absolute Gasteiger partial charge is 0.237 e. The first-order valence-corrected chi connectivity index (χ1v) is 10.2. The molecule has 0 atom stereocenters. The average Bonchev–Trinajstić information content (AvgIpc) is 3.34. The number of hydrogen-bond donors (Lipinski definition) is 0. The lowest BCUT2D eigenvalue weighted by Gasteiger charge is -2.10. The average molecular weight is 392 g/mol. The molecule has 0 amide bonds. The third kappa shape index (κ3) is 3.71. The molecule has 0 aliphatic rings. The fourth-order valence-electron chi connectivity index (χ4n) is 2.97. The minimum absolute atomic E-state index is 0.532. The Kier molecular flexibility index (Phi) is 5.25. The topological polar surface area (TPSA) is 69.6 Å². The van der Waals surface area contributed by atoms with E-state index >= 15 is 0 Å². The lowest BCUT2D eigenvalue weighted by molar-refractivity contribution is 0.391. The zero-order valence-electron chi connectivity index (χ0n) is 16.1. The molecule has 0 aliphatic heterocycles. The number of aryl methyl sites for hydroxylation is 3. The molecule has 0 unspecified atom stereocenters. The zero-order valence-corrected chi connectivity index (χ0v) is 16.9. The van der Waals surface area contributed by atoms with E-state index in [2.05, 4.69) is 63.0 Å². The van der Waals surface area contributed by atoms with Crippen molar-refractivity contribution >= 4 is 11.8 Å². The van der Waals surface area contributed by atoms with E-state index in [1.165, 1.54) is 22.9 Å². The second-order valence-corrected chi connectivity index (χ2v) is 7.45. The van der Waals surface area contributed by atoms with Crippen molar-refractivity contribution in [2.24, 2.45) is 0 Å². The molecule has 4 aromatic rings. The monoisotopic (exact) mass is 391 g/mol. The van der Waals surface area contributed by atoms with Gasteiger partial charge in [0, 0.05) is 5.56 Å². The predicted molar refractivity (Wildman–Crippen MR) is 110 cm³/mol. The minimum Gasteiger partial charge on any atom is -0.338 e. The highest BCUT2D eigenvalue weighted by Crippen LogP contribution is 2.27. The van der Waals surface area contributed by atoms with Crippen LogP contribution < -0.4 is 0 Å². The summed E-state index contributed by atoms with van der Waals surface area (Å²) in [5.74, 6) is 2.55. The summed E-state index contributed by atoms with van der Waals surface area (Å²) in [5.41, 5.74) is 4.49. The lowest BCUT2D eigenvalue weighted by Crippen LogP contribution is -2.01. The maximum Gasteiger partial charge on any atom is 0.237 e. The van der Waals surface area contributed by atoms with Crippen LogP contribution in [0.1, 0.15) is 29.8 Å². The van der Waals surface area contributed by atoms with Gasteiger partial charge in [-0.2, -0.15) is 4.98 Å². The maximum absolute atomic E-state index is 5.43.